The van der Waals surface area contributed by atoms with Gasteiger partial charge in [-0.25, -0.2) is 0 Å². The van der Waals surface area contributed by atoms with E-state index >= 15 is 0 Å². The lowest BCUT2D eigenvalue weighted by Gasteiger charge is -2.37. The highest BCUT2D eigenvalue weighted by molar-refractivity contribution is 8.20. The first-order valence-electron chi connectivity index (χ1n) is 7.92. The van der Waals surface area contributed by atoms with Crippen molar-refractivity contribution >= 4 is 40.4 Å². The molecule has 0 aromatic rings. The molecular formula is C18H30O2S3. The average Bonchev–Trinajstić information content (AvgIpc) is 2.86. The summed E-state index contributed by atoms with van der Waals surface area (Å²) in [4.78, 5) is 12.0. The van der Waals surface area contributed by atoms with Crippen molar-refractivity contribution in [2.45, 2.75) is 55.6 Å². The molecular weight excluding hydrogens is 344 g/mol. The molecule has 1 fully saturated rings. The molecule has 2 nitrogen and oxygen atoms in total. The third-order valence-electron chi connectivity index (χ3n) is 3.53. The zero-order valence-electron chi connectivity index (χ0n) is 15.0. The fourth-order valence-corrected chi connectivity index (χ4v) is 7.47. The molecule has 1 rings (SSSR count). The van der Waals surface area contributed by atoms with Crippen LogP contribution in [0.3, 0.4) is 0 Å². The van der Waals surface area contributed by atoms with Crippen LogP contribution in [0.4, 0.5) is 0 Å². The minimum Gasteiger partial charge on any atom is -0.376 e. The van der Waals surface area contributed by atoms with Crippen molar-refractivity contribution in [1.82, 2.24) is 0 Å². The summed E-state index contributed by atoms with van der Waals surface area (Å²) >= 11 is 5.47. The van der Waals surface area contributed by atoms with Gasteiger partial charge in [0, 0.05) is 15.7 Å². The normalized spacial score (nSPS) is 22.1. The van der Waals surface area contributed by atoms with Crippen LogP contribution in [-0.4, -0.2) is 38.7 Å². The number of carbonyl (C=O) groups excluding carboxylic acids is 1. The Kier molecular flexibility index (Phi) is 8.32. The summed E-state index contributed by atoms with van der Waals surface area (Å²) in [6.07, 6.45) is 2.79. The van der Waals surface area contributed by atoms with Gasteiger partial charge in [-0.2, -0.15) is 0 Å². The second-order valence-electron chi connectivity index (χ2n) is 7.34. The van der Waals surface area contributed by atoms with Crippen LogP contribution in [0.25, 0.3) is 0 Å². The lowest BCUT2D eigenvalue weighted by atomic mass is 9.85. The standard InChI is InChI=1S/C18H30O2S3/c1-8-9-20-10-14-11-21-16(22-14)17(4,5)12-18(6,7)23-15(19)13(2)3/h8,14,16H,1-2,9-12H2,3-7H3. The van der Waals surface area contributed by atoms with Crippen molar-refractivity contribution in [2.75, 3.05) is 19.0 Å². The molecule has 0 saturated carbocycles. The zero-order chi connectivity index (χ0) is 17.7. The van der Waals surface area contributed by atoms with E-state index in [1.807, 2.05) is 23.5 Å². The first kappa shape index (κ1) is 21.2. The first-order chi connectivity index (χ1) is 10.6. The Morgan fingerprint density at radius 2 is 2.04 bits per heavy atom. The molecule has 5 heteroatoms. The SMILES string of the molecule is C=CCOCC1CSC(C(C)(C)CC(C)(C)SC(=O)C(=C)C)S1. The number of carbonyl (C=O) groups is 1. The second kappa shape index (κ2) is 9.02. The molecule has 132 valence electrons. The molecule has 0 spiro atoms. The number of hydrogen-bond donors (Lipinski definition) is 0. The van der Waals surface area contributed by atoms with Gasteiger partial charge in [0.15, 0.2) is 0 Å². The molecule has 0 radical (unpaired) electrons. The highest BCUT2D eigenvalue weighted by Gasteiger charge is 2.41. The molecule has 0 aliphatic carbocycles. The lowest BCUT2D eigenvalue weighted by Crippen LogP contribution is -2.32. The predicted octanol–water partition coefficient (Wildman–Crippen LogP) is 5.39. The van der Waals surface area contributed by atoms with E-state index < -0.39 is 0 Å². The molecule has 1 saturated heterocycles. The highest BCUT2D eigenvalue weighted by atomic mass is 32.2. The maximum absolute atomic E-state index is 12.0. The van der Waals surface area contributed by atoms with Gasteiger partial charge in [0.1, 0.15) is 0 Å². The predicted molar refractivity (Wildman–Crippen MR) is 109 cm³/mol. The Bertz CT molecular complexity index is 444. The van der Waals surface area contributed by atoms with Gasteiger partial charge in [-0.3, -0.25) is 4.79 Å². The minimum absolute atomic E-state index is 0.0852. The smallest absolute Gasteiger partial charge is 0.214 e. The third-order valence-corrected chi connectivity index (χ3v) is 8.82. The van der Waals surface area contributed by atoms with Crippen molar-refractivity contribution in [3.8, 4) is 0 Å². The van der Waals surface area contributed by atoms with E-state index in [-0.39, 0.29) is 15.3 Å². The Hall–Kier alpha value is 0.160. The van der Waals surface area contributed by atoms with E-state index in [9.17, 15) is 4.79 Å². The monoisotopic (exact) mass is 374 g/mol. The van der Waals surface area contributed by atoms with Crippen LogP contribution >= 0.6 is 35.3 Å². The van der Waals surface area contributed by atoms with Crippen molar-refractivity contribution in [2.24, 2.45) is 5.41 Å². The van der Waals surface area contributed by atoms with E-state index in [1.54, 1.807) is 13.0 Å². The summed E-state index contributed by atoms with van der Waals surface area (Å²) in [5.41, 5.74) is 0.791. The Morgan fingerprint density at radius 1 is 1.39 bits per heavy atom. The lowest BCUT2D eigenvalue weighted by molar-refractivity contribution is -0.107. The van der Waals surface area contributed by atoms with Gasteiger partial charge in [-0.05, 0) is 24.3 Å². The maximum atomic E-state index is 12.0. The van der Waals surface area contributed by atoms with Gasteiger partial charge < -0.3 is 4.74 Å². The summed E-state index contributed by atoms with van der Waals surface area (Å²) in [6.45, 7) is 19.6. The summed E-state index contributed by atoms with van der Waals surface area (Å²) in [7, 11) is 0. The van der Waals surface area contributed by atoms with Gasteiger partial charge in [0.2, 0.25) is 5.12 Å². The quantitative estimate of drug-likeness (QED) is 0.306. The van der Waals surface area contributed by atoms with Crippen LogP contribution in [0.5, 0.6) is 0 Å². The van der Waals surface area contributed by atoms with Gasteiger partial charge in [-0.1, -0.05) is 52.1 Å². The van der Waals surface area contributed by atoms with Crippen LogP contribution < -0.4 is 0 Å². The van der Waals surface area contributed by atoms with E-state index in [0.717, 1.165) is 18.8 Å². The average molecular weight is 375 g/mol. The van der Waals surface area contributed by atoms with E-state index in [0.29, 0.717) is 22.0 Å². The van der Waals surface area contributed by atoms with E-state index in [4.69, 9.17) is 4.74 Å². The Balaban J connectivity index is 2.56. The van der Waals surface area contributed by atoms with Crippen LogP contribution in [0, 0.1) is 5.41 Å². The molecule has 1 aliphatic heterocycles. The van der Waals surface area contributed by atoms with Gasteiger partial charge >= 0.3 is 0 Å². The largest absolute Gasteiger partial charge is 0.376 e. The summed E-state index contributed by atoms with van der Waals surface area (Å²) < 4.78 is 6.05. The van der Waals surface area contributed by atoms with Gasteiger partial charge in [0.25, 0.3) is 0 Å². The second-order valence-corrected chi connectivity index (χ2v) is 11.9. The number of thioether (sulfide) groups is 3. The molecule has 0 amide bonds. The van der Waals surface area contributed by atoms with E-state index in [1.165, 1.54) is 11.8 Å². The summed E-state index contributed by atoms with van der Waals surface area (Å²) in [5.74, 6) is 1.13. The summed E-state index contributed by atoms with van der Waals surface area (Å²) in [6, 6.07) is 0. The van der Waals surface area contributed by atoms with Crippen LogP contribution in [0.15, 0.2) is 24.8 Å². The summed E-state index contributed by atoms with van der Waals surface area (Å²) in [5, 5.41) is 0.658. The van der Waals surface area contributed by atoms with Crippen LogP contribution in [-0.2, 0) is 9.53 Å². The van der Waals surface area contributed by atoms with Gasteiger partial charge in [0.05, 0.1) is 17.8 Å². The van der Waals surface area contributed by atoms with Crippen LogP contribution in [0.2, 0.25) is 0 Å². The van der Waals surface area contributed by atoms with Crippen LogP contribution in [0.1, 0.15) is 41.0 Å². The first-order valence-corrected chi connectivity index (χ1v) is 10.7. The topological polar surface area (TPSA) is 26.3 Å². The minimum atomic E-state index is -0.0852. The third kappa shape index (κ3) is 7.29. The molecule has 1 aliphatic rings. The molecule has 1 heterocycles. The van der Waals surface area contributed by atoms with Crippen molar-refractivity contribution < 1.29 is 9.53 Å². The highest BCUT2D eigenvalue weighted by Crippen LogP contribution is 2.52. The number of ether oxygens (including phenoxy) is 1. The molecule has 2 atom stereocenters. The molecule has 0 aromatic heterocycles. The molecule has 23 heavy (non-hydrogen) atoms. The van der Waals surface area contributed by atoms with Crippen molar-refractivity contribution in [3.63, 3.8) is 0 Å². The molecule has 0 aromatic carbocycles. The van der Waals surface area contributed by atoms with Gasteiger partial charge in [-0.15, -0.1) is 30.1 Å². The fourth-order valence-electron chi connectivity index (χ4n) is 2.78. The molecule has 0 N–H and O–H groups in total. The Labute approximate surface area is 154 Å². The van der Waals surface area contributed by atoms with Crippen molar-refractivity contribution in [3.05, 3.63) is 24.8 Å². The number of rotatable bonds is 9. The van der Waals surface area contributed by atoms with E-state index in [2.05, 4.69) is 40.9 Å². The molecule has 2 unspecified atom stereocenters. The maximum Gasteiger partial charge on any atom is 0.214 e. The number of hydrogen-bond acceptors (Lipinski definition) is 5. The Morgan fingerprint density at radius 3 is 2.61 bits per heavy atom. The van der Waals surface area contributed by atoms with Crippen molar-refractivity contribution in [1.29, 1.82) is 0 Å². The molecule has 0 bridgehead atoms. The zero-order valence-corrected chi connectivity index (χ0v) is 17.5. The fraction of sp³-hybridized carbons (Fsp3) is 0.722.